The maximum Gasteiger partial charge on any atom is 0.197 e. The molecule has 0 amide bonds. The average Bonchev–Trinajstić information content (AvgIpc) is 2.65. The first kappa shape index (κ1) is 15.7. The highest BCUT2D eigenvalue weighted by atomic mass is 32.1. The molecule has 0 saturated heterocycles. The second-order valence-electron chi connectivity index (χ2n) is 6.11. The quantitative estimate of drug-likeness (QED) is 0.303. The minimum atomic E-state index is 0.0867. The van der Waals surface area contributed by atoms with E-state index in [1.807, 2.05) is 67.7 Å². The van der Waals surface area contributed by atoms with E-state index in [1.54, 1.807) is 0 Å². The maximum atomic E-state index is 12.7. The third-order valence-electron chi connectivity index (χ3n) is 4.50. The lowest BCUT2D eigenvalue weighted by atomic mass is 10.1. The third-order valence-corrected chi connectivity index (χ3v) is 4.80. The van der Waals surface area contributed by atoms with Crippen LogP contribution in [0.5, 0.6) is 0 Å². The molecule has 1 heterocycles. The average molecular weight is 343 g/mol. The van der Waals surface area contributed by atoms with Crippen LogP contribution in [0.2, 0.25) is 0 Å². The van der Waals surface area contributed by atoms with Gasteiger partial charge in [-0.05, 0) is 47.5 Å². The van der Waals surface area contributed by atoms with Gasteiger partial charge < -0.3 is 4.57 Å². The molecule has 0 fully saturated rings. The van der Waals surface area contributed by atoms with Gasteiger partial charge in [-0.3, -0.25) is 4.79 Å². The number of hydrogen-bond donors (Lipinski definition) is 1. The Morgan fingerprint density at radius 1 is 0.800 bits per heavy atom. The van der Waals surface area contributed by atoms with Crippen LogP contribution in [0.15, 0.2) is 76.4 Å². The van der Waals surface area contributed by atoms with Gasteiger partial charge in [0.15, 0.2) is 5.43 Å². The molecule has 0 radical (unpaired) electrons. The second-order valence-corrected chi connectivity index (χ2v) is 6.62. The van der Waals surface area contributed by atoms with Crippen molar-refractivity contribution in [1.82, 2.24) is 4.57 Å². The molecular formula is C22H17NOS. The zero-order valence-corrected chi connectivity index (χ0v) is 14.7. The molecule has 0 aliphatic rings. The summed E-state index contributed by atoms with van der Waals surface area (Å²) >= 11 is 4.30. The van der Waals surface area contributed by atoms with Crippen molar-refractivity contribution in [3.05, 3.63) is 88.1 Å². The van der Waals surface area contributed by atoms with Gasteiger partial charge >= 0.3 is 0 Å². The lowest BCUT2D eigenvalue weighted by molar-refractivity contribution is 1.00. The predicted octanol–water partition coefficient (Wildman–Crippen LogP) is 5.15. The maximum absolute atomic E-state index is 12.7. The Kier molecular flexibility index (Phi) is 3.94. The van der Waals surface area contributed by atoms with E-state index in [-0.39, 0.29) is 5.43 Å². The molecule has 2 nitrogen and oxygen atoms in total. The van der Waals surface area contributed by atoms with E-state index in [0.29, 0.717) is 0 Å². The summed E-state index contributed by atoms with van der Waals surface area (Å²) in [7, 11) is 2.00. The monoisotopic (exact) mass is 343 g/mol. The number of hydrogen-bond acceptors (Lipinski definition) is 2. The van der Waals surface area contributed by atoms with Gasteiger partial charge in [0.25, 0.3) is 0 Å². The van der Waals surface area contributed by atoms with Gasteiger partial charge in [-0.25, -0.2) is 0 Å². The zero-order chi connectivity index (χ0) is 17.4. The first-order chi connectivity index (χ1) is 12.1. The predicted molar refractivity (Wildman–Crippen MR) is 109 cm³/mol. The molecule has 4 aromatic rings. The van der Waals surface area contributed by atoms with Crippen LogP contribution in [-0.2, 0) is 7.05 Å². The Bertz CT molecular complexity index is 1170. The van der Waals surface area contributed by atoms with E-state index in [1.165, 1.54) is 0 Å². The van der Waals surface area contributed by atoms with Crippen molar-refractivity contribution in [3.63, 3.8) is 0 Å². The molecule has 3 heteroatoms. The smallest absolute Gasteiger partial charge is 0.197 e. The van der Waals surface area contributed by atoms with Crippen LogP contribution < -0.4 is 5.43 Å². The van der Waals surface area contributed by atoms with Gasteiger partial charge in [0.05, 0.1) is 11.0 Å². The summed E-state index contributed by atoms with van der Waals surface area (Å²) in [6.07, 6.45) is 4.13. The summed E-state index contributed by atoms with van der Waals surface area (Å²) < 4.78 is 2.08. The SMILES string of the molecule is Cn1c2ccccc2c(=O)c2ccc(/C=C/c3ccc(S)cc3)cc21. The lowest BCUT2D eigenvalue weighted by Gasteiger charge is -2.10. The number of benzene rings is 3. The number of aryl methyl sites for hydroxylation is 1. The van der Waals surface area contributed by atoms with Crippen LogP contribution in [0.4, 0.5) is 0 Å². The van der Waals surface area contributed by atoms with Crippen molar-refractivity contribution in [3.8, 4) is 0 Å². The highest BCUT2D eigenvalue weighted by Gasteiger charge is 2.08. The summed E-state index contributed by atoms with van der Waals surface area (Å²) in [6.45, 7) is 0. The second kappa shape index (κ2) is 6.26. The third kappa shape index (κ3) is 2.87. The van der Waals surface area contributed by atoms with Crippen LogP contribution in [0.1, 0.15) is 11.1 Å². The standard InChI is InChI=1S/C22H17NOS/c1-23-20-5-3-2-4-18(20)22(24)19-13-10-16(14-21(19)23)7-6-15-8-11-17(25)12-9-15/h2-14,25H,1H3/b7-6+. The van der Waals surface area contributed by atoms with Crippen molar-refractivity contribution < 1.29 is 0 Å². The molecule has 0 aliphatic heterocycles. The van der Waals surface area contributed by atoms with Gasteiger partial charge in [0, 0.05) is 22.7 Å². The Labute approximate surface area is 151 Å². The van der Waals surface area contributed by atoms with E-state index in [0.717, 1.165) is 37.8 Å². The summed E-state index contributed by atoms with van der Waals surface area (Å²) in [5.41, 5.74) is 4.16. The van der Waals surface area contributed by atoms with Crippen LogP contribution in [-0.4, -0.2) is 4.57 Å². The van der Waals surface area contributed by atoms with E-state index in [9.17, 15) is 4.79 Å². The normalized spacial score (nSPS) is 11.6. The van der Waals surface area contributed by atoms with Crippen molar-refractivity contribution in [2.75, 3.05) is 0 Å². The van der Waals surface area contributed by atoms with Crippen molar-refractivity contribution in [1.29, 1.82) is 0 Å². The number of nitrogens with zero attached hydrogens (tertiary/aromatic N) is 1. The molecule has 0 saturated carbocycles. The summed E-state index contributed by atoms with van der Waals surface area (Å²) in [5.74, 6) is 0. The van der Waals surface area contributed by atoms with E-state index in [2.05, 4.69) is 35.4 Å². The topological polar surface area (TPSA) is 22.0 Å². The molecule has 122 valence electrons. The fourth-order valence-electron chi connectivity index (χ4n) is 3.13. The molecule has 0 atom stereocenters. The Hall–Kier alpha value is -2.78. The molecule has 0 spiro atoms. The van der Waals surface area contributed by atoms with Crippen LogP contribution in [0.25, 0.3) is 34.0 Å². The van der Waals surface area contributed by atoms with Crippen LogP contribution >= 0.6 is 12.6 Å². The molecule has 0 unspecified atom stereocenters. The summed E-state index contributed by atoms with van der Waals surface area (Å²) in [4.78, 5) is 13.7. The van der Waals surface area contributed by atoms with Crippen LogP contribution in [0, 0.1) is 0 Å². The highest BCUT2D eigenvalue weighted by Crippen LogP contribution is 2.20. The Morgan fingerprint density at radius 2 is 1.44 bits per heavy atom. The molecule has 3 aromatic carbocycles. The summed E-state index contributed by atoms with van der Waals surface area (Å²) in [6, 6.07) is 21.7. The number of pyridine rings is 1. The minimum absolute atomic E-state index is 0.0867. The van der Waals surface area contributed by atoms with Crippen molar-refractivity contribution in [2.24, 2.45) is 7.05 Å². The molecule has 0 N–H and O–H groups in total. The Morgan fingerprint density at radius 3 is 2.24 bits per heavy atom. The summed E-state index contributed by atoms with van der Waals surface area (Å²) in [5, 5.41) is 1.51. The van der Waals surface area contributed by atoms with E-state index in [4.69, 9.17) is 0 Å². The first-order valence-corrected chi connectivity index (χ1v) is 8.57. The number of para-hydroxylation sites is 1. The van der Waals surface area contributed by atoms with Gasteiger partial charge in [0.2, 0.25) is 0 Å². The van der Waals surface area contributed by atoms with Gasteiger partial charge in [0.1, 0.15) is 0 Å². The molecule has 4 rings (SSSR count). The molecule has 1 aromatic heterocycles. The Balaban J connectivity index is 1.85. The molecule has 0 aliphatic carbocycles. The first-order valence-electron chi connectivity index (χ1n) is 8.12. The van der Waals surface area contributed by atoms with Gasteiger partial charge in [-0.2, -0.15) is 0 Å². The van der Waals surface area contributed by atoms with E-state index < -0.39 is 0 Å². The number of fused-ring (bicyclic) bond motifs is 2. The lowest BCUT2D eigenvalue weighted by Crippen LogP contribution is -2.08. The minimum Gasteiger partial charge on any atom is -0.343 e. The van der Waals surface area contributed by atoms with Gasteiger partial charge in [-0.15, -0.1) is 12.6 Å². The van der Waals surface area contributed by atoms with Crippen molar-refractivity contribution in [2.45, 2.75) is 4.90 Å². The number of rotatable bonds is 2. The molecule has 25 heavy (non-hydrogen) atoms. The number of thiol groups is 1. The van der Waals surface area contributed by atoms with Crippen LogP contribution in [0.3, 0.4) is 0 Å². The largest absolute Gasteiger partial charge is 0.343 e. The van der Waals surface area contributed by atoms with E-state index >= 15 is 0 Å². The fraction of sp³-hybridized carbons (Fsp3) is 0.0455. The highest BCUT2D eigenvalue weighted by molar-refractivity contribution is 7.80. The van der Waals surface area contributed by atoms with Gasteiger partial charge in [-0.1, -0.05) is 42.5 Å². The molecule has 0 bridgehead atoms. The fourth-order valence-corrected chi connectivity index (χ4v) is 3.28. The van der Waals surface area contributed by atoms with Crippen molar-refractivity contribution >= 4 is 46.6 Å². The molecular weight excluding hydrogens is 326 g/mol. The number of aromatic nitrogens is 1. The zero-order valence-electron chi connectivity index (χ0n) is 13.8.